The summed E-state index contributed by atoms with van der Waals surface area (Å²) in [5.74, 6) is 0.578. The normalized spacial score (nSPS) is 11.0. The number of hydrogen-bond donors (Lipinski definition) is 2. The minimum Gasteiger partial charge on any atom is -0.338 e. The molecule has 0 radical (unpaired) electrons. The number of nitrogens with zero attached hydrogens (tertiary/aromatic N) is 2. The van der Waals surface area contributed by atoms with E-state index in [2.05, 4.69) is 15.3 Å². The third-order valence-corrected chi connectivity index (χ3v) is 4.19. The number of aromatic amines is 1. The molecule has 1 amide bonds. The fourth-order valence-corrected chi connectivity index (χ4v) is 2.85. The monoisotopic (exact) mass is 362 g/mol. The number of amides is 1. The van der Waals surface area contributed by atoms with Crippen molar-refractivity contribution >= 4 is 45.8 Å². The number of anilines is 1. The van der Waals surface area contributed by atoms with E-state index in [-0.39, 0.29) is 12.5 Å². The molecule has 0 atom stereocenters. The molecule has 1 aromatic heterocycles. The summed E-state index contributed by atoms with van der Waals surface area (Å²) in [5, 5.41) is 4.06. The summed E-state index contributed by atoms with van der Waals surface area (Å²) in [7, 11) is 3.46. The van der Waals surface area contributed by atoms with Crippen molar-refractivity contribution in [2.24, 2.45) is 0 Å². The molecule has 2 N–H and O–H groups in total. The SMILES string of the molecule is CNCC(=O)N(C)c1ccc(Cl)cc1-c1nc2ccc(Cl)cc2[nH]1. The molecule has 0 saturated carbocycles. The van der Waals surface area contributed by atoms with Gasteiger partial charge in [0, 0.05) is 22.7 Å². The zero-order chi connectivity index (χ0) is 17.3. The molecule has 0 unspecified atom stereocenters. The van der Waals surface area contributed by atoms with Gasteiger partial charge in [0.05, 0.1) is 23.3 Å². The van der Waals surface area contributed by atoms with Crippen LogP contribution in [0.5, 0.6) is 0 Å². The Morgan fingerprint density at radius 1 is 1.21 bits per heavy atom. The molecule has 5 nitrogen and oxygen atoms in total. The first-order valence-electron chi connectivity index (χ1n) is 7.36. The van der Waals surface area contributed by atoms with Crippen LogP contribution in [0, 0.1) is 0 Å². The highest BCUT2D eigenvalue weighted by molar-refractivity contribution is 6.31. The standard InChI is InChI=1S/C17H16Cl2N4O/c1-20-9-16(24)23(2)15-6-4-10(18)7-12(15)17-21-13-5-3-11(19)8-14(13)22-17/h3-8,20H,9H2,1-2H3,(H,21,22). The van der Waals surface area contributed by atoms with Crippen LogP contribution >= 0.6 is 23.2 Å². The second-order valence-electron chi connectivity index (χ2n) is 5.39. The lowest BCUT2D eigenvalue weighted by Crippen LogP contribution is -2.34. The number of halogens is 2. The summed E-state index contributed by atoms with van der Waals surface area (Å²) in [5.41, 5.74) is 3.10. The maximum Gasteiger partial charge on any atom is 0.240 e. The highest BCUT2D eigenvalue weighted by atomic mass is 35.5. The van der Waals surface area contributed by atoms with E-state index in [4.69, 9.17) is 23.2 Å². The first-order chi connectivity index (χ1) is 11.5. The van der Waals surface area contributed by atoms with Gasteiger partial charge >= 0.3 is 0 Å². The average Bonchev–Trinajstić information content (AvgIpc) is 2.97. The highest BCUT2D eigenvalue weighted by Crippen LogP contribution is 2.33. The number of rotatable bonds is 4. The highest BCUT2D eigenvalue weighted by Gasteiger charge is 2.17. The number of aromatic nitrogens is 2. The molecule has 124 valence electrons. The summed E-state index contributed by atoms with van der Waals surface area (Å²) in [6, 6.07) is 10.8. The Morgan fingerprint density at radius 3 is 2.67 bits per heavy atom. The van der Waals surface area contributed by atoms with Gasteiger partial charge in [-0.3, -0.25) is 4.79 Å². The molecule has 2 aromatic carbocycles. The van der Waals surface area contributed by atoms with Crippen LogP contribution in [0.1, 0.15) is 0 Å². The van der Waals surface area contributed by atoms with Gasteiger partial charge < -0.3 is 15.2 Å². The topological polar surface area (TPSA) is 61.0 Å². The van der Waals surface area contributed by atoms with Crippen molar-refractivity contribution in [1.82, 2.24) is 15.3 Å². The third kappa shape index (κ3) is 3.24. The van der Waals surface area contributed by atoms with Crippen LogP contribution in [0.25, 0.3) is 22.4 Å². The van der Waals surface area contributed by atoms with Crippen molar-refractivity contribution in [2.75, 3.05) is 25.5 Å². The molecule has 0 aliphatic carbocycles. The van der Waals surface area contributed by atoms with Crippen LogP contribution < -0.4 is 10.2 Å². The molecule has 0 aliphatic rings. The molecule has 1 heterocycles. The maximum absolute atomic E-state index is 12.2. The fraction of sp³-hybridized carbons (Fsp3) is 0.176. The van der Waals surface area contributed by atoms with Gasteiger partial charge in [0.15, 0.2) is 0 Å². The molecule has 0 spiro atoms. The number of carbonyl (C=O) groups is 1. The van der Waals surface area contributed by atoms with Gasteiger partial charge in [0.25, 0.3) is 0 Å². The molecule has 3 rings (SSSR count). The summed E-state index contributed by atoms with van der Waals surface area (Å²) in [6.07, 6.45) is 0. The van der Waals surface area contributed by atoms with E-state index in [0.29, 0.717) is 15.9 Å². The summed E-state index contributed by atoms with van der Waals surface area (Å²) in [6.45, 7) is 0.244. The fourth-order valence-electron chi connectivity index (χ4n) is 2.50. The van der Waals surface area contributed by atoms with Crippen molar-refractivity contribution in [1.29, 1.82) is 0 Å². The van der Waals surface area contributed by atoms with E-state index in [1.807, 2.05) is 18.2 Å². The van der Waals surface area contributed by atoms with E-state index >= 15 is 0 Å². The number of likely N-dealkylation sites (N-methyl/N-ethyl adjacent to an activating group) is 2. The third-order valence-electron chi connectivity index (χ3n) is 3.72. The minimum absolute atomic E-state index is 0.0553. The average molecular weight is 363 g/mol. The molecule has 0 aliphatic heterocycles. The molecule has 0 saturated heterocycles. The van der Waals surface area contributed by atoms with E-state index in [0.717, 1.165) is 22.3 Å². The second-order valence-corrected chi connectivity index (χ2v) is 6.26. The number of imidazole rings is 1. The lowest BCUT2D eigenvalue weighted by molar-refractivity contribution is -0.117. The molecule has 7 heteroatoms. The summed E-state index contributed by atoms with van der Waals surface area (Å²) < 4.78 is 0. The number of fused-ring (bicyclic) bond motifs is 1. The summed E-state index contributed by atoms with van der Waals surface area (Å²) in [4.78, 5) is 21.6. The smallest absolute Gasteiger partial charge is 0.240 e. The lowest BCUT2D eigenvalue weighted by atomic mass is 10.1. The number of carbonyl (C=O) groups excluding carboxylic acids is 1. The van der Waals surface area contributed by atoms with Crippen LogP contribution in [0.2, 0.25) is 10.0 Å². The van der Waals surface area contributed by atoms with Crippen LogP contribution in [-0.4, -0.2) is 36.5 Å². The molecule has 0 bridgehead atoms. The molecular weight excluding hydrogens is 347 g/mol. The predicted molar refractivity (Wildman–Crippen MR) is 98.9 cm³/mol. The van der Waals surface area contributed by atoms with Gasteiger partial charge in [-0.25, -0.2) is 4.98 Å². The van der Waals surface area contributed by atoms with Crippen molar-refractivity contribution in [2.45, 2.75) is 0 Å². The van der Waals surface area contributed by atoms with E-state index in [9.17, 15) is 4.79 Å². The van der Waals surface area contributed by atoms with Crippen LogP contribution in [0.4, 0.5) is 5.69 Å². The maximum atomic E-state index is 12.2. The van der Waals surface area contributed by atoms with Crippen molar-refractivity contribution in [3.8, 4) is 11.4 Å². The Hall–Kier alpha value is -2.08. The zero-order valence-electron chi connectivity index (χ0n) is 13.2. The van der Waals surface area contributed by atoms with Crippen LogP contribution in [0.3, 0.4) is 0 Å². The Labute approximate surface area is 149 Å². The lowest BCUT2D eigenvalue weighted by Gasteiger charge is -2.20. The van der Waals surface area contributed by atoms with E-state index in [1.165, 1.54) is 0 Å². The van der Waals surface area contributed by atoms with Gasteiger partial charge in [-0.1, -0.05) is 23.2 Å². The number of nitrogens with one attached hydrogen (secondary N) is 2. The van der Waals surface area contributed by atoms with Crippen LogP contribution in [-0.2, 0) is 4.79 Å². The number of H-pyrrole nitrogens is 1. The van der Waals surface area contributed by atoms with Crippen molar-refractivity contribution in [3.05, 3.63) is 46.4 Å². The van der Waals surface area contributed by atoms with Gasteiger partial charge in [-0.05, 0) is 43.4 Å². The first-order valence-corrected chi connectivity index (χ1v) is 8.11. The molecule has 0 fully saturated rings. The number of hydrogen-bond acceptors (Lipinski definition) is 3. The Balaban J connectivity index is 2.11. The summed E-state index contributed by atoms with van der Waals surface area (Å²) >= 11 is 12.2. The minimum atomic E-state index is -0.0553. The van der Waals surface area contributed by atoms with Gasteiger partial charge in [-0.2, -0.15) is 0 Å². The van der Waals surface area contributed by atoms with Gasteiger partial charge in [-0.15, -0.1) is 0 Å². The predicted octanol–water partition coefficient (Wildman–Crippen LogP) is 3.72. The molecule has 3 aromatic rings. The van der Waals surface area contributed by atoms with Crippen molar-refractivity contribution < 1.29 is 4.79 Å². The van der Waals surface area contributed by atoms with Gasteiger partial charge in [0.1, 0.15) is 5.82 Å². The number of benzene rings is 2. The quantitative estimate of drug-likeness (QED) is 0.743. The Kier molecular flexibility index (Phi) is 4.76. The van der Waals surface area contributed by atoms with Gasteiger partial charge in [0.2, 0.25) is 5.91 Å². The zero-order valence-corrected chi connectivity index (χ0v) is 14.7. The first kappa shape index (κ1) is 16.8. The Bertz CT molecular complexity index is 907. The molecular formula is C17H16Cl2N4O. The molecule has 24 heavy (non-hydrogen) atoms. The Morgan fingerprint density at radius 2 is 1.92 bits per heavy atom. The van der Waals surface area contributed by atoms with Crippen molar-refractivity contribution in [3.63, 3.8) is 0 Å². The van der Waals surface area contributed by atoms with E-state index < -0.39 is 0 Å². The second kappa shape index (κ2) is 6.81. The van der Waals surface area contributed by atoms with E-state index in [1.54, 1.807) is 37.2 Å². The largest absolute Gasteiger partial charge is 0.338 e. The van der Waals surface area contributed by atoms with Crippen LogP contribution in [0.15, 0.2) is 36.4 Å².